The van der Waals surface area contributed by atoms with E-state index in [4.69, 9.17) is 9.47 Å². The van der Waals surface area contributed by atoms with Gasteiger partial charge < -0.3 is 14.4 Å². The fraction of sp³-hybridized carbons (Fsp3) is 0.333. The van der Waals surface area contributed by atoms with Crippen LogP contribution in [0.5, 0.6) is 5.75 Å². The van der Waals surface area contributed by atoms with Gasteiger partial charge in [-0.3, -0.25) is 9.59 Å². The van der Waals surface area contributed by atoms with E-state index in [1.807, 2.05) is 12.1 Å². The highest BCUT2D eigenvalue weighted by molar-refractivity contribution is 9.10. The van der Waals surface area contributed by atoms with Crippen LogP contribution in [-0.2, 0) is 14.3 Å². The Hall–Kier alpha value is -1.82. The van der Waals surface area contributed by atoms with E-state index in [9.17, 15) is 9.59 Å². The fourth-order valence-corrected chi connectivity index (χ4v) is 1.80. The minimum atomic E-state index is -0.448. The molecule has 0 unspecified atom stereocenters. The molecular weight excluding hydrogens is 338 g/mol. The van der Waals surface area contributed by atoms with Crippen LogP contribution in [0.15, 0.2) is 41.4 Å². The first-order valence-corrected chi connectivity index (χ1v) is 7.28. The maximum absolute atomic E-state index is 12.0. The number of ether oxygens (including phenoxy) is 2. The van der Waals surface area contributed by atoms with Crippen LogP contribution >= 0.6 is 15.9 Å². The molecule has 0 heterocycles. The first-order chi connectivity index (χ1) is 10.1. The summed E-state index contributed by atoms with van der Waals surface area (Å²) < 4.78 is 11.2. The average Bonchev–Trinajstić information content (AvgIpc) is 2.46. The van der Waals surface area contributed by atoms with Crippen LogP contribution in [0.3, 0.4) is 0 Å². The van der Waals surface area contributed by atoms with Crippen LogP contribution in [0.2, 0.25) is 0 Å². The second-order valence-corrected chi connectivity index (χ2v) is 5.03. The quantitative estimate of drug-likeness (QED) is 0.530. The van der Waals surface area contributed by atoms with Gasteiger partial charge in [-0.25, -0.2) is 0 Å². The Kier molecular flexibility index (Phi) is 7.53. The SMILES string of the molecule is C=CCN(CC(=O)OCC)C(=O)COc1ccc(Br)cc1. The number of esters is 1. The summed E-state index contributed by atoms with van der Waals surface area (Å²) >= 11 is 3.32. The molecule has 0 aliphatic heterocycles. The summed E-state index contributed by atoms with van der Waals surface area (Å²) in [7, 11) is 0. The van der Waals surface area contributed by atoms with Crippen LogP contribution in [-0.4, -0.2) is 43.1 Å². The number of carbonyl (C=O) groups is 2. The van der Waals surface area contributed by atoms with Crippen molar-refractivity contribution in [3.63, 3.8) is 0 Å². The normalized spacial score (nSPS) is 9.81. The van der Waals surface area contributed by atoms with Crippen molar-refractivity contribution in [3.8, 4) is 5.75 Å². The number of halogens is 1. The van der Waals surface area contributed by atoms with Gasteiger partial charge in [-0.2, -0.15) is 0 Å². The van der Waals surface area contributed by atoms with Crippen LogP contribution in [0.25, 0.3) is 0 Å². The molecule has 0 aliphatic rings. The molecule has 114 valence electrons. The van der Waals surface area contributed by atoms with E-state index in [-0.39, 0.29) is 32.2 Å². The van der Waals surface area contributed by atoms with Crippen molar-refractivity contribution >= 4 is 27.8 Å². The molecule has 21 heavy (non-hydrogen) atoms. The zero-order valence-electron chi connectivity index (χ0n) is 11.9. The summed E-state index contributed by atoms with van der Waals surface area (Å²) in [6, 6.07) is 7.14. The average molecular weight is 356 g/mol. The highest BCUT2D eigenvalue weighted by Crippen LogP contribution is 2.16. The van der Waals surface area contributed by atoms with Crippen molar-refractivity contribution < 1.29 is 19.1 Å². The molecule has 1 aromatic rings. The molecule has 6 heteroatoms. The van der Waals surface area contributed by atoms with Gasteiger partial charge in [-0.05, 0) is 31.2 Å². The molecule has 1 amide bonds. The summed E-state index contributed by atoms with van der Waals surface area (Å²) in [4.78, 5) is 24.8. The zero-order chi connectivity index (χ0) is 15.7. The highest BCUT2D eigenvalue weighted by Gasteiger charge is 2.17. The Morgan fingerprint density at radius 2 is 2.00 bits per heavy atom. The lowest BCUT2D eigenvalue weighted by molar-refractivity contribution is -0.149. The van der Waals surface area contributed by atoms with Crippen LogP contribution in [0, 0.1) is 0 Å². The van der Waals surface area contributed by atoms with E-state index in [1.165, 1.54) is 4.90 Å². The smallest absolute Gasteiger partial charge is 0.325 e. The second kappa shape index (κ2) is 9.18. The summed E-state index contributed by atoms with van der Waals surface area (Å²) in [6.07, 6.45) is 1.55. The first-order valence-electron chi connectivity index (χ1n) is 6.49. The molecule has 0 spiro atoms. The molecule has 1 aromatic carbocycles. The minimum absolute atomic E-state index is 0.109. The molecule has 5 nitrogen and oxygen atoms in total. The molecule has 0 saturated carbocycles. The molecule has 0 fully saturated rings. The molecule has 1 rings (SSSR count). The number of hydrogen-bond acceptors (Lipinski definition) is 4. The summed E-state index contributed by atoms with van der Waals surface area (Å²) in [5, 5.41) is 0. The van der Waals surface area contributed by atoms with Gasteiger partial charge >= 0.3 is 5.97 Å². The van der Waals surface area contributed by atoms with Gasteiger partial charge in [-0.1, -0.05) is 22.0 Å². The third-order valence-electron chi connectivity index (χ3n) is 2.50. The number of hydrogen-bond donors (Lipinski definition) is 0. The summed E-state index contributed by atoms with van der Waals surface area (Å²) in [5.41, 5.74) is 0. The zero-order valence-corrected chi connectivity index (χ0v) is 13.5. The van der Waals surface area contributed by atoms with Gasteiger partial charge in [0.15, 0.2) is 6.61 Å². The van der Waals surface area contributed by atoms with Crippen molar-refractivity contribution in [2.45, 2.75) is 6.92 Å². The number of carbonyl (C=O) groups excluding carboxylic acids is 2. The van der Waals surface area contributed by atoms with Crippen molar-refractivity contribution in [2.24, 2.45) is 0 Å². The molecule has 0 saturated heterocycles. The Morgan fingerprint density at radius 1 is 1.33 bits per heavy atom. The van der Waals surface area contributed by atoms with Crippen molar-refractivity contribution in [1.82, 2.24) is 4.90 Å². The number of benzene rings is 1. The van der Waals surface area contributed by atoms with E-state index < -0.39 is 5.97 Å². The summed E-state index contributed by atoms with van der Waals surface area (Å²) in [6.45, 7) is 5.58. The Balaban J connectivity index is 2.53. The summed E-state index contributed by atoms with van der Waals surface area (Å²) in [5.74, 6) is -0.163. The maximum Gasteiger partial charge on any atom is 0.325 e. The lowest BCUT2D eigenvalue weighted by Crippen LogP contribution is -2.39. The molecule has 0 N–H and O–H groups in total. The van der Waals surface area contributed by atoms with Gasteiger partial charge in [0.25, 0.3) is 5.91 Å². The van der Waals surface area contributed by atoms with Crippen LogP contribution in [0.4, 0.5) is 0 Å². The Morgan fingerprint density at radius 3 is 2.57 bits per heavy atom. The maximum atomic E-state index is 12.0. The largest absolute Gasteiger partial charge is 0.484 e. The van der Waals surface area contributed by atoms with Crippen LogP contribution in [0.1, 0.15) is 6.92 Å². The van der Waals surface area contributed by atoms with Gasteiger partial charge in [0.1, 0.15) is 12.3 Å². The Bertz CT molecular complexity index is 487. The topological polar surface area (TPSA) is 55.8 Å². The van der Waals surface area contributed by atoms with Crippen LogP contribution < -0.4 is 4.74 Å². The highest BCUT2D eigenvalue weighted by atomic mass is 79.9. The van der Waals surface area contributed by atoms with Gasteiger partial charge in [0.05, 0.1) is 6.61 Å². The third-order valence-corrected chi connectivity index (χ3v) is 3.03. The lowest BCUT2D eigenvalue weighted by Gasteiger charge is -2.20. The lowest BCUT2D eigenvalue weighted by atomic mass is 10.3. The molecule has 0 bridgehead atoms. The molecule has 0 atom stereocenters. The number of amides is 1. The van der Waals surface area contributed by atoms with Crippen molar-refractivity contribution in [3.05, 3.63) is 41.4 Å². The monoisotopic (exact) mass is 355 g/mol. The number of rotatable bonds is 8. The minimum Gasteiger partial charge on any atom is -0.484 e. The molecule has 0 radical (unpaired) electrons. The van der Waals surface area contributed by atoms with Gasteiger partial charge in [0, 0.05) is 11.0 Å². The van der Waals surface area contributed by atoms with E-state index in [0.29, 0.717) is 5.75 Å². The van der Waals surface area contributed by atoms with E-state index in [1.54, 1.807) is 25.1 Å². The second-order valence-electron chi connectivity index (χ2n) is 4.11. The van der Waals surface area contributed by atoms with E-state index in [2.05, 4.69) is 22.5 Å². The standard InChI is InChI=1S/C15H18BrNO4/c1-3-9-17(10-15(19)20-4-2)14(18)11-21-13-7-5-12(16)6-8-13/h3,5-8H,1,4,9-11H2,2H3. The van der Waals surface area contributed by atoms with Gasteiger partial charge in [-0.15, -0.1) is 6.58 Å². The predicted octanol–water partition coefficient (Wildman–Crippen LogP) is 2.41. The predicted molar refractivity (Wildman–Crippen MR) is 83.0 cm³/mol. The Labute approximate surface area is 132 Å². The first kappa shape index (κ1) is 17.2. The van der Waals surface area contributed by atoms with Crippen molar-refractivity contribution in [1.29, 1.82) is 0 Å². The van der Waals surface area contributed by atoms with Gasteiger partial charge in [0.2, 0.25) is 0 Å². The van der Waals surface area contributed by atoms with E-state index >= 15 is 0 Å². The molecular formula is C15H18BrNO4. The molecule has 0 aliphatic carbocycles. The van der Waals surface area contributed by atoms with Crippen molar-refractivity contribution in [2.75, 3.05) is 26.3 Å². The number of nitrogens with zero attached hydrogens (tertiary/aromatic N) is 1. The molecule has 0 aromatic heterocycles. The fourth-order valence-electron chi connectivity index (χ4n) is 1.54. The van der Waals surface area contributed by atoms with E-state index in [0.717, 1.165) is 4.47 Å². The third kappa shape index (κ3) is 6.44.